The number of halogens is 1. The lowest BCUT2D eigenvalue weighted by molar-refractivity contribution is -0.138. The Bertz CT molecular complexity index is 755. The van der Waals surface area contributed by atoms with Gasteiger partial charge in [0.05, 0.1) is 5.75 Å². The van der Waals surface area contributed by atoms with Crippen molar-refractivity contribution in [2.45, 2.75) is 32.2 Å². The quantitative estimate of drug-likeness (QED) is 0.714. The summed E-state index contributed by atoms with van der Waals surface area (Å²) in [4.78, 5) is 26.5. The van der Waals surface area contributed by atoms with Crippen molar-refractivity contribution < 1.29 is 14.0 Å². The first-order chi connectivity index (χ1) is 13.0. The van der Waals surface area contributed by atoms with E-state index in [1.807, 2.05) is 37.3 Å². The van der Waals surface area contributed by atoms with Gasteiger partial charge in [-0.25, -0.2) is 4.39 Å². The molecule has 0 spiro atoms. The largest absolute Gasteiger partial charge is 0.355 e. The van der Waals surface area contributed by atoms with E-state index in [0.717, 1.165) is 5.56 Å². The molecule has 144 valence electrons. The van der Waals surface area contributed by atoms with E-state index in [0.29, 0.717) is 17.9 Å². The predicted octanol–water partition coefficient (Wildman–Crippen LogP) is 3.61. The third kappa shape index (κ3) is 6.40. The van der Waals surface area contributed by atoms with E-state index in [1.165, 1.54) is 22.7 Å². The van der Waals surface area contributed by atoms with Crippen molar-refractivity contribution in [3.63, 3.8) is 0 Å². The maximum absolute atomic E-state index is 14.1. The third-order valence-corrected chi connectivity index (χ3v) is 5.14. The van der Waals surface area contributed by atoms with E-state index in [9.17, 15) is 14.0 Å². The minimum absolute atomic E-state index is 0.0652. The van der Waals surface area contributed by atoms with Crippen LogP contribution in [0.5, 0.6) is 0 Å². The number of nitrogens with one attached hydrogen (secondary N) is 1. The molecule has 1 atom stereocenters. The monoisotopic (exact) mass is 388 g/mol. The Kier molecular flexibility index (Phi) is 8.33. The number of carbonyl (C=O) groups excluding carboxylic acids is 2. The fraction of sp³-hybridized carbons (Fsp3) is 0.333. The van der Waals surface area contributed by atoms with Crippen LogP contribution >= 0.6 is 11.8 Å². The number of amides is 2. The van der Waals surface area contributed by atoms with E-state index in [4.69, 9.17) is 0 Å². The summed E-state index contributed by atoms with van der Waals surface area (Å²) >= 11 is 1.48. The molecule has 0 saturated carbocycles. The summed E-state index contributed by atoms with van der Waals surface area (Å²) in [5.74, 6) is 0.131. The van der Waals surface area contributed by atoms with Crippen molar-refractivity contribution in [3.8, 4) is 0 Å². The van der Waals surface area contributed by atoms with Gasteiger partial charge in [0.2, 0.25) is 11.8 Å². The molecule has 0 aliphatic rings. The molecular weight excluding hydrogens is 363 g/mol. The standard InChI is InChI=1S/C21H25FN2O2S/c1-3-23-21(26)16(2)24(13-18-11-7-8-12-19(18)22)20(25)15-27-14-17-9-5-4-6-10-17/h4-12,16H,3,13-15H2,1-2H3,(H,23,26)/t16-/m1/s1. The first kappa shape index (κ1) is 21.0. The van der Waals surface area contributed by atoms with Crippen molar-refractivity contribution in [1.82, 2.24) is 10.2 Å². The van der Waals surface area contributed by atoms with Crippen LogP contribution in [0.2, 0.25) is 0 Å². The van der Waals surface area contributed by atoms with E-state index in [2.05, 4.69) is 5.32 Å². The van der Waals surface area contributed by atoms with Gasteiger partial charge in [-0.05, 0) is 25.5 Å². The molecule has 0 heterocycles. The van der Waals surface area contributed by atoms with Gasteiger partial charge in [-0.15, -0.1) is 11.8 Å². The Morgan fingerprint density at radius 3 is 2.44 bits per heavy atom. The molecule has 0 aliphatic heterocycles. The maximum atomic E-state index is 14.1. The first-order valence-electron chi connectivity index (χ1n) is 8.95. The number of nitrogens with zero attached hydrogens (tertiary/aromatic N) is 1. The molecule has 2 rings (SSSR count). The summed E-state index contributed by atoms with van der Waals surface area (Å²) in [5.41, 5.74) is 1.53. The van der Waals surface area contributed by atoms with Gasteiger partial charge in [0.1, 0.15) is 11.9 Å². The number of hydrogen-bond acceptors (Lipinski definition) is 3. The van der Waals surface area contributed by atoms with Gasteiger partial charge in [-0.3, -0.25) is 9.59 Å². The summed E-state index contributed by atoms with van der Waals surface area (Å²) < 4.78 is 14.1. The second-order valence-electron chi connectivity index (χ2n) is 6.16. The van der Waals surface area contributed by atoms with Gasteiger partial charge in [0.25, 0.3) is 0 Å². The predicted molar refractivity (Wildman–Crippen MR) is 108 cm³/mol. The van der Waals surface area contributed by atoms with E-state index in [-0.39, 0.29) is 29.9 Å². The fourth-order valence-electron chi connectivity index (χ4n) is 2.63. The average Bonchev–Trinajstić information content (AvgIpc) is 2.67. The van der Waals surface area contributed by atoms with Gasteiger partial charge in [0, 0.05) is 24.4 Å². The van der Waals surface area contributed by atoms with Crippen molar-refractivity contribution in [1.29, 1.82) is 0 Å². The summed E-state index contributed by atoms with van der Waals surface area (Å²) in [7, 11) is 0. The van der Waals surface area contributed by atoms with Crippen LogP contribution < -0.4 is 5.32 Å². The summed E-state index contributed by atoms with van der Waals surface area (Å²) in [5, 5.41) is 2.73. The lowest BCUT2D eigenvalue weighted by Crippen LogP contribution is -2.48. The molecule has 0 aromatic heterocycles. The molecule has 0 aliphatic carbocycles. The number of likely N-dealkylation sites (N-methyl/N-ethyl adjacent to an activating group) is 1. The normalized spacial score (nSPS) is 11.7. The topological polar surface area (TPSA) is 49.4 Å². The number of thioether (sulfide) groups is 1. The number of carbonyl (C=O) groups is 2. The van der Waals surface area contributed by atoms with Crippen LogP contribution in [-0.4, -0.2) is 35.1 Å². The second kappa shape index (κ2) is 10.7. The molecule has 6 heteroatoms. The Labute approximate surface area is 164 Å². The van der Waals surface area contributed by atoms with Crippen LogP contribution in [0.4, 0.5) is 4.39 Å². The maximum Gasteiger partial charge on any atom is 0.242 e. The fourth-order valence-corrected chi connectivity index (χ4v) is 3.50. The summed E-state index contributed by atoms with van der Waals surface area (Å²) in [6, 6.07) is 15.5. The smallest absolute Gasteiger partial charge is 0.242 e. The zero-order valence-electron chi connectivity index (χ0n) is 15.7. The Balaban J connectivity index is 2.06. The Morgan fingerprint density at radius 1 is 1.11 bits per heavy atom. The highest BCUT2D eigenvalue weighted by molar-refractivity contribution is 7.99. The molecular formula is C21H25FN2O2S. The molecule has 0 bridgehead atoms. The number of rotatable bonds is 9. The SMILES string of the molecule is CCNC(=O)[C@@H](C)N(Cc1ccccc1F)C(=O)CSCc1ccccc1. The summed E-state index contributed by atoms with van der Waals surface area (Å²) in [6.45, 7) is 4.04. The third-order valence-electron chi connectivity index (χ3n) is 4.15. The van der Waals surface area contributed by atoms with Crippen LogP contribution in [0, 0.1) is 5.82 Å². The number of hydrogen-bond donors (Lipinski definition) is 1. The van der Waals surface area contributed by atoms with Crippen LogP contribution in [0.15, 0.2) is 54.6 Å². The van der Waals surface area contributed by atoms with Gasteiger partial charge >= 0.3 is 0 Å². The molecule has 1 N–H and O–H groups in total. The molecule has 2 aromatic carbocycles. The number of benzene rings is 2. The van der Waals surface area contributed by atoms with Crippen molar-refractivity contribution in [3.05, 3.63) is 71.5 Å². The van der Waals surface area contributed by atoms with Gasteiger partial charge < -0.3 is 10.2 Å². The highest BCUT2D eigenvalue weighted by atomic mass is 32.2. The lowest BCUT2D eigenvalue weighted by Gasteiger charge is -2.28. The van der Waals surface area contributed by atoms with Crippen molar-refractivity contribution >= 4 is 23.6 Å². The molecule has 2 aromatic rings. The van der Waals surface area contributed by atoms with Crippen molar-refractivity contribution in [2.75, 3.05) is 12.3 Å². The highest BCUT2D eigenvalue weighted by Gasteiger charge is 2.26. The molecule has 4 nitrogen and oxygen atoms in total. The minimum atomic E-state index is -0.672. The molecule has 0 radical (unpaired) electrons. The average molecular weight is 389 g/mol. The van der Waals surface area contributed by atoms with Crippen LogP contribution in [0.25, 0.3) is 0 Å². The first-order valence-corrected chi connectivity index (χ1v) is 10.1. The zero-order chi connectivity index (χ0) is 19.6. The second-order valence-corrected chi connectivity index (χ2v) is 7.15. The lowest BCUT2D eigenvalue weighted by atomic mass is 10.1. The Hall–Kier alpha value is -2.34. The van der Waals surface area contributed by atoms with Gasteiger partial charge in [-0.2, -0.15) is 0 Å². The van der Waals surface area contributed by atoms with Crippen molar-refractivity contribution in [2.24, 2.45) is 0 Å². The van der Waals surface area contributed by atoms with Gasteiger partial charge in [0.15, 0.2) is 0 Å². The molecule has 27 heavy (non-hydrogen) atoms. The molecule has 0 unspecified atom stereocenters. The minimum Gasteiger partial charge on any atom is -0.355 e. The molecule has 0 fully saturated rings. The van der Waals surface area contributed by atoms with Crippen LogP contribution in [0.3, 0.4) is 0 Å². The van der Waals surface area contributed by atoms with Crippen LogP contribution in [0.1, 0.15) is 25.0 Å². The van der Waals surface area contributed by atoms with Crippen LogP contribution in [-0.2, 0) is 21.9 Å². The van der Waals surface area contributed by atoms with E-state index in [1.54, 1.807) is 25.1 Å². The molecule has 2 amide bonds. The van der Waals surface area contributed by atoms with E-state index < -0.39 is 6.04 Å². The highest BCUT2D eigenvalue weighted by Crippen LogP contribution is 2.17. The van der Waals surface area contributed by atoms with Gasteiger partial charge in [-0.1, -0.05) is 48.5 Å². The van der Waals surface area contributed by atoms with E-state index >= 15 is 0 Å². The zero-order valence-corrected chi connectivity index (χ0v) is 16.5. The summed E-state index contributed by atoms with van der Waals surface area (Å²) in [6.07, 6.45) is 0. The molecule has 0 saturated heterocycles. The Morgan fingerprint density at radius 2 is 1.78 bits per heavy atom.